The molecule has 0 unspecified atom stereocenters. The molecule has 0 saturated heterocycles. The van der Waals surface area contributed by atoms with Gasteiger partial charge in [-0.1, -0.05) is 48.0 Å². The number of hydrogen-bond acceptors (Lipinski definition) is 5. The summed E-state index contributed by atoms with van der Waals surface area (Å²) in [5.74, 6) is 1.84. The van der Waals surface area contributed by atoms with Gasteiger partial charge in [0.1, 0.15) is 11.5 Å². The summed E-state index contributed by atoms with van der Waals surface area (Å²) in [5, 5.41) is 14.8. The van der Waals surface area contributed by atoms with Gasteiger partial charge in [0, 0.05) is 22.5 Å². The Labute approximate surface area is 209 Å². The van der Waals surface area contributed by atoms with Crippen LogP contribution in [0.1, 0.15) is 15.9 Å². The summed E-state index contributed by atoms with van der Waals surface area (Å²) in [4.78, 5) is 12.8. The van der Waals surface area contributed by atoms with Crippen LogP contribution in [0.4, 0.5) is 17.2 Å². The Hall–Kier alpha value is -4.97. The Bertz CT molecular complexity index is 1470. The largest absolute Gasteiger partial charge is 0.457 e. The number of carbonyl (C=O) groups excluding carboxylic acids is 1. The molecule has 0 bridgehead atoms. The van der Waals surface area contributed by atoms with Gasteiger partial charge >= 0.3 is 0 Å². The number of aryl methyl sites for hydroxylation is 1. The fraction of sp³-hybridized carbons (Fsp3) is 0.0333. The first-order chi connectivity index (χ1) is 17.6. The highest BCUT2D eigenvalue weighted by Crippen LogP contribution is 2.24. The molecule has 0 aliphatic heterocycles. The molecule has 1 heterocycles. The Morgan fingerprint density at radius 3 is 2.22 bits per heavy atom. The summed E-state index contributed by atoms with van der Waals surface area (Å²) >= 11 is 0. The van der Waals surface area contributed by atoms with Crippen molar-refractivity contribution < 1.29 is 9.53 Å². The molecule has 36 heavy (non-hydrogen) atoms. The van der Waals surface area contributed by atoms with E-state index in [2.05, 4.69) is 26.9 Å². The second-order valence-corrected chi connectivity index (χ2v) is 8.27. The minimum absolute atomic E-state index is 0.212. The molecule has 0 spiro atoms. The van der Waals surface area contributed by atoms with Gasteiger partial charge in [-0.15, -0.1) is 10.2 Å². The van der Waals surface area contributed by atoms with Gasteiger partial charge in [-0.3, -0.25) is 4.79 Å². The lowest BCUT2D eigenvalue weighted by Gasteiger charge is -2.10. The Morgan fingerprint density at radius 1 is 0.694 bits per heavy atom. The molecule has 0 aliphatic carbocycles. The van der Waals surface area contributed by atoms with Crippen LogP contribution < -0.4 is 15.4 Å². The maximum absolute atomic E-state index is 12.8. The summed E-state index contributed by atoms with van der Waals surface area (Å²) in [7, 11) is 0. The number of rotatable bonds is 7. The van der Waals surface area contributed by atoms with Crippen LogP contribution in [0.2, 0.25) is 0 Å². The second kappa shape index (κ2) is 10.5. The Kier molecular flexibility index (Phi) is 6.67. The van der Waals surface area contributed by atoms with E-state index in [-0.39, 0.29) is 5.91 Å². The number of anilines is 3. The smallest absolute Gasteiger partial charge is 0.255 e. The van der Waals surface area contributed by atoms with Crippen LogP contribution in [0, 0.1) is 6.92 Å². The van der Waals surface area contributed by atoms with Gasteiger partial charge < -0.3 is 15.4 Å². The lowest BCUT2D eigenvalue weighted by atomic mass is 10.1. The first kappa shape index (κ1) is 22.8. The molecule has 4 aromatic carbocycles. The van der Waals surface area contributed by atoms with Gasteiger partial charge in [0.05, 0.1) is 5.69 Å². The maximum atomic E-state index is 12.8. The van der Waals surface area contributed by atoms with Crippen LogP contribution in [0.25, 0.3) is 11.3 Å². The average molecular weight is 473 g/mol. The first-order valence-corrected chi connectivity index (χ1v) is 11.5. The van der Waals surface area contributed by atoms with E-state index >= 15 is 0 Å². The van der Waals surface area contributed by atoms with Gasteiger partial charge in [-0.2, -0.15) is 0 Å². The van der Waals surface area contributed by atoms with E-state index in [1.54, 1.807) is 12.1 Å². The molecule has 2 N–H and O–H groups in total. The van der Waals surface area contributed by atoms with Crippen molar-refractivity contribution in [1.82, 2.24) is 10.2 Å². The predicted octanol–water partition coefficient (Wildman–Crippen LogP) is 7.24. The minimum Gasteiger partial charge on any atom is -0.457 e. The number of amides is 1. The van der Waals surface area contributed by atoms with Crippen molar-refractivity contribution in [2.24, 2.45) is 0 Å². The van der Waals surface area contributed by atoms with Gasteiger partial charge in [-0.25, -0.2) is 0 Å². The molecule has 0 aliphatic rings. The molecule has 5 rings (SSSR count). The SMILES string of the molecule is Cc1cccc(-c2ccc(Nc3cccc(C(=O)Nc4ccc(Oc5ccccc5)cc4)c3)nn2)c1. The molecule has 0 saturated carbocycles. The number of aromatic nitrogens is 2. The lowest BCUT2D eigenvalue weighted by molar-refractivity contribution is 0.102. The fourth-order valence-electron chi connectivity index (χ4n) is 3.68. The molecule has 0 atom stereocenters. The highest BCUT2D eigenvalue weighted by atomic mass is 16.5. The zero-order valence-corrected chi connectivity index (χ0v) is 19.7. The van der Waals surface area contributed by atoms with E-state index in [0.717, 1.165) is 22.7 Å². The third-order valence-corrected chi connectivity index (χ3v) is 5.47. The van der Waals surface area contributed by atoms with Crippen molar-refractivity contribution in [3.05, 3.63) is 126 Å². The van der Waals surface area contributed by atoms with Gasteiger partial charge in [0.15, 0.2) is 5.82 Å². The van der Waals surface area contributed by atoms with Crippen LogP contribution in [0.3, 0.4) is 0 Å². The summed E-state index contributed by atoms with van der Waals surface area (Å²) in [6, 6.07) is 36.0. The zero-order chi connectivity index (χ0) is 24.7. The van der Waals surface area contributed by atoms with Crippen LogP contribution in [0.5, 0.6) is 11.5 Å². The number of nitrogens with one attached hydrogen (secondary N) is 2. The fourth-order valence-corrected chi connectivity index (χ4v) is 3.68. The van der Waals surface area contributed by atoms with Gasteiger partial charge in [0.2, 0.25) is 0 Å². The van der Waals surface area contributed by atoms with E-state index in [0.29, 0.717) is 22.8 Å². The standard InChI is InChI=1S/C30H24N4O2/c1-21-7-5-8-22(19-21)28-17-18-29(34-33-28)31-25-10-6-9-23(20-25)30(35)32-24-13-15-27(16-14-24)36-26-11-3-2-4-12-26/h2-20H,1H3,(H,31,34)(H,32,35). The van der Waals surface area contributed by atoms with E-state index in [1.165, 1.54) is 5.56 Å². The van der Waals surface area contributed by atoms with Crippen LogP contribution >= 0.6 is 0 Å². The number of carbonyl (C=O) groups is 1. The monoisotopic (exact) mass is 472 g/mol. The molecule has 0 fully saturated rings. The predicted molar refractivity (Wildman–Crippen MR) is 143 cm³/mol. The molecule has 176 valence electrons. The van der Waals surface area contributed by atoms with E-state index in [9.17, 15) is 4.79 Å². The van der Waals surface area contributed by atoms with Crippen molar-refractivity contribution in [1.29, 1.82) is 0 Å². The summed E-state index contributed by atoms with van der Waals surface area (Å²) < 4.78 is 5.80. The number of ether oxygens (including phenoxy) is 1. The van der Waals surface area contributed by atoms with E-state index in [4.69, 9.17) is 4.74 Å². The molecule has 1 aromatic heterocycles. The number of benzene rings is 4. The third-order valence-electron chi connectivity index (χ3n) is 5.47. The number of para-hydroxylation sites is 1. The van der Waals surface area contributed by atoms with Crippen molar-refractivity contribution >= 4 is 23.1 Å². The van der Waals surface area contributed by atoms with Crippen LogP contribution in [-0.4, -0.2) is 16.1 Å². The van der Waals surface area contributed by atoms with E-state index in [1.807, 2.05) is 104 Å². The highest BCUT2D eigenvalue weighted by molar-refractivity contribution is 6.04. The molecule has 6 nitrogen and oxygen atoms in total. The molecule has 6 heteroatoms. The molecular weight excluding hydrogens is 448 g/mol. The normalized spacial score (nSPS) is 10.5. The lowest BCUT2D eigenvalue weighted by Crippen LogP contribution is -2.12. The van der Waals surface area contributed by atoms with Crippen molar-refractivity contribution in [2.75, 3.05) is 10.6 Å². The molecule has 1 amide bonds. The summed E-state index contributed by atoms with van der Waals surface area (Å²) in [6.07, 6.45) is 0. The van der Waals surface area contributed by atoms with Crippen molar-refractivity contribution in [3.63, 3.8) is 0 Å². The van der Waals surface area contributed by atoms with Gasteiger partial charge in [0.25, 0.3) is 5.91 Å². The molecule has 0 radical (unpaired) electrons. The topological polar surface area (TPSA) is 76.1 Å². The number of hydrogen-bond donors (Lipinski definition) is 2. The highest BCUT2D eigenvalue weighted by Gasteiger charge is 2.09. The Balaban J connectivity index is 1.22. The summed E-state index contributed by atoms with van der Waals surface area (Å²) in [5.41, 5.74) is 4.94. The Morgan fingerprint density at radius 2 is 1.47 bits per heavy atom. The average Bonchev–Trinajstić information content (AvgIpc) is 2.91. The molecule has 5 aromatic rings. The quantitative estimate of drug-likeness (QED) is 0.261. The van der Waals surface area contributed by atoms with Crippen molar-refractivity contribution in [3.8, 4) is 22.8 Å². The van der Waals surface area contributed by atoms with Gasteiger partial charge in [-0.05, 0) is 79.7 Å². The van der Waals surface area contributed by atoms with E-state index < -0.39 is 0 Å². The summed E-state index contributed by atoms with van der Waals surface area (Å²) in [6.45, 7) is 2.05. The minimum atomic E-state index is -0.212. The third kappa shape index (κ3) is 5.74. The van der Waals surface area contributed by atoms with Crippen LogP contribution in [0.15, 0.2) is 115 Å². The van der Waals surface area contributed by atoms with Crippen LogP contribution in [-0.2, 0) is 0 Å². The first-order valence-electron chi connectivity index (χ1n) is 11.5. The van der Waals surface area contributed by atoms with Crippen molar-refractivity contribution in [2.45, 2.75) is 6.92 Å². The number of nitrogens with zero attached hydrogens (tertiary/aromatic N) is 2. The molecular formula is C30H24N4O2. The maximum Gasteiger partial charge on any atom is 0.255 e. The zero-order valence-electron chi connectivity index (χ0n) is 19.7. The second-order valence-electron chi connectivity index (χ2n) is 8.27.